The summed E-state index contributed by atoms with van der Waals surface area (Å²) < 4.78 is 0. The summed E-state index contributed by atoms with van der Waals surface area (Å²) in [6.45, 7) is 6.07. The fraction of sp³-hybridized carbons (Fsp3) is 0.533. The predicted octanol–water partition coefficient (Wildman–Crippen LogP) is 1.76. The van der Waals surface area contributed by atoms with E-state index in [1.165, 1.54) is 5.56 Å². The van der Waals surface area contributed by atoms with Crippen molar-refractivity contribution >= 4 is 17.5 Å². The second-order valence-corrected chi connectivity index (χ2v) is 5.61. The number of nitrogens with zero attached hydrogens (tertiary/aromatic N) is 2. The van der Waals surface area contributed by atoms with Crippen molar-refractivity contribution in [1.29, 1.82) is 0 Å². The molecule has 1 N–H and O–H groups in total. The summed E-state index contributed by atoms with van der Waals surface area (Å²) in [6, 6.07) is 8.37. The number of rotatable bonds is 4. The van der Waals surface area contributed by atoms with Gasteiger partial charge in [0.25, 0.3) is 0 Å². The zero-order chi connectivity index (χ0) is 14.5. The summed E-state index contributed by atoms with van der Waals surface area (Å²) in [5.74, 6) is 0.186. The summed E-state index contributed by atoms with van der Waals surface area (Å²) >= 11 is 5.92. The van der Waals surface area contributed by atoms with Crippen molar-refractivity contribution in [3.63, 3.8) is 0 Å². The largest absolute Gasteiger partial charge is 0.339 e. The first-order valence-corrected chi connectivity index (χ1v) is 7.41. The highest BCUT2D eigenvalue weighted by atomic mass is 35.5. The van der Waals surface area contributed by atoms with Crippen LogP contribution in [0.3, 0.4) is 0 Å². The highest BCUT2D eigenvalue weighted by Crippen LogP contribution is 2.23. The average Bonchev–Trinajstić information content (AvgIpc) is 2.48. The molecule has 0 spiro atoms. The lowest BCUT2D eigenvalue weighted by atomic mass is 10.1. The van der Waals surface area contributed by atoms with Crippen LogP contribution in [0.1, 0.15) is 18.5 Å². The molecule has 1 heterocycles. The number of hydrogen-bond acceptors (Lipinski definition) is 3. The van der Waals surface area contributed by atoms with Crippen LogP contribution in [0.15, 0.2) is 24.3 Å². The van der Waals surface area contributed by atoms with E-state index < -0.39 is 0 Å². The van der Waals surface area contributed by atoms with Gasteiger partial charge < -0.3 is 10.2 Å². The molecule has 1 atom stereocenters. The molecule has 4 nitrogen and oxygen atoms in total. The van der Waals surface area contributed by atoms with Crippen LogP contribution in [0, 0.1) is 0 Å². The molecular weight excluding hydrogens is 274 g/mol. The van der Waals surface area contributed by atoms with E-state index in [-0.39, 0.29) is 5.91 Å². The number of halogens is 1. The van der Waals surface area contributed by atoms with Crippen molar-refractivity contribution in [3.05, 3.63) is 34.9 Å². The van der Waals surface area contributed by atoms with Crippen LogP contribution >= 0.6 is 11.6 Å². The predicted molar refractivity (Wildman–Crippen MR) is 81.9 cm³/mol. The Labute approximate surface area is 125 Å². The number of nitrogens with one attached hydrogen (secondary N) is 1. The van der Waals surface area contributed by atoms with Crippen LogP contribution in [0.5, 0.6) is 0 Å². The molecule has 0 aromatic heterocycles. The molecule has 5 heteroatoms. The molecule has 1 aromatic carbocycles. The van der Waals surface area contributed by atoms with Crippen LogP contribution in [0.2, 0.25) is 5.02 Å². The number of benzene rings is 1. The third-order valence-electron chi connectivity index (χ3n) is 3.90. The second kappa shape index (κ2) is 7.07. The molecule has 1 aliphatic heterocycles. The van der Waals surface area contributed by atoms with E-state index >= 15 is 0 Å². The smallest absolute Gasteiger partial charge is 0.236 e. The zero-order valence-corrected chi connectivity index (χ0v) is 12.9. The highest BCUT2D eigenvalue weighted by Gasteiger charge is 2.24. The topological polar surface area (TPSA) is 35.6 Å². The summed E-state index contributed by atoms with van der Waals surface area (Å²) in [5, 5.41) is 3.68. The van der Waals surface area contributed by atoms with Gasteiger partial charge in [-0.3, -0.25) is 9.69 Å². The monoisotopic (exact) mass is 295 g/mol. The fourth-order valence-corrected chi connectivity index (χ4v) is 2.70. The normalized spacial score (nSPS) is 18.1. The molecule has 1 fully saturated rings. The van der Waals surface area contributed by atoms with Crippen molar-refractivity contribution in [2.75, 3.05) is 39.8 Å². The van der Waals surface area contributed by atoms with Gasteiger partial charge in [-0.2, -0.15) is 0 Å². The van der Waals surface area contributed by atoms with Crippen LogP contribution in [0.25, 0.3) is 0 Å². The first-order chi connectivity index (χ1) is 9.61. The minimum atomic E-state index is 0.186. The molecule has 0 aliphatic carbocycles. The second-order valence-electron chi connectivity index (χ2n) is 5.17. The lowest BCUT2D eigenvalue weighted by Gasteiger charge is -2.38. The van der Waals surface area contributed by atoms with Gasteiger partial charge in [-0.05, 0) is 31.7 Å². The van der Waals surface area contributed by atoms with Gasteiger partial charge in [-0.25, -0.2) is 0 Å². The van der Waals surface area contributed by atoms with Gasteiger partial charge in [0.15, 0.2) is 0 Å². The van der Waals surface area contributed by atoms with Crippen LogP contribution in [0.4, 0.5) is 0 Å². The third-order valence-corrected chi connectivity index (χ3v) is 4.15. The maximum atomic E-state index is 11.8. The number of carbonyl (C=O) groups excluding carboxylic acids is 1. The van der Waals surface area contributed by atoms with Gasteiger partial charge in [0.1, 0.15) is 0 Å². The molecule has 0 radical (unpaired) electrons. The van der Waals surface area contributed by atoms with Gasteiger partial charge in [0.2, 0.25) is 5.91 Å². The molecule has 110 valence electrons. The minimum absolute atomic E-state index is 0.186. The van der Waals surface area contributed by atoms with E-state index in [1.807, 2.05) is 17.0 Å². The maximum Gasteiger partial charge on any atom is 0.236 e. The Morgan fingerprint density at radius 1 is 1.25 bits per heavy atom. The van der Waals surface area contributed by atoms with Crippen LogP contribution in [-0.2, 0) is 4.79 Å². The van der Waals surface area contributed by atoms with Gasteiger partial charge in [-0.1, -0.05) is 23.7 Å². The minimum Gasteiger partial charge on any atom is -0.339 e. The molecule has 1 saturated heterocycles. The summed E-state index contributed by atoms with van der Waals surface area (Å²) in [6.07, 6.45) is 0. The molecular formula is C15H22ClN3O. The number of likely N-dealkylation sites (N-methyl/N-ethyl adjacent to an activating group) is 1. The van der Waals surface area contributed by atoms with E-state index in [2.05, 4.69) is 29.3 Å². The number of amides is 1. The van der Waals surface area contributed by atoms with Crippen molar-refractivity contribution < 1.29 is 4.79 Å². The Morgan fingerprint density at radius 2 is 1.85 bits per heavy atom. The van der Waals surface area contributed by atoms with Crippen molar-refractivity contribution in [1.82, 2.24) is 15.1 Å². The van der Waals surface area contributed by atoms with Crippen LogP contribution in [-0.4, -0.2) is 55.5 Å². The summed E-state index contributed by atoms with van der Waals surface area (Å²) in [7, 11) is 1.80. The molecule has 0 bridgehead atoms. The highest BCUT2D eigenvalue weighted by molar-refractivity contribution is 6.30. The van der Waals surface area contributed by atoms with E-state index in [9.17, 15) is 4.79 Å². The molecule has 1 aliphatic rings. The SMILES string of the molecule is CNCC(=O)N1CCN(C(C)c2ccc(Cl)cc2)CC1. The maximum absolute atomic E-state index is 11.8. The van der Waals surface area contributed by atoms with Gasteiger partial charge in [-0.15, -0.1) is 0 Å². The Morgan fingerprint density at radius 3 is 2.40 bits per heavy atom. The molecule has 2 rings (SSSR count). The third kappa shape index (κ3) is 3.72. The number of carbonyl (C=O) groups is 1. The Balaban J connectivity index is 1.90. The molecule has 1 amide bonds. The number of piperazine rings is 1. The van der Waals surface area contributed by atoms with Gasteiger partial charge in [0.05, 0.1) is 6.54 Å². The summed E-state index contributed by atoms with van der Waals surface area (Å²) in [5.41, 5.74) is 1.27. The molecule has 1 aromatic rings. The fourth-order valence-electron chi connectivity index (χ4n) is 2.57. The standard InChI is InChI=1S/C15H22ClN3O/c1-12(13-3-5-14(16)6-4-13)18-7-9-19(10-8-18)15(20)11-17-2/h3-6,12,17H,7-11H2,1-2H3. The average molecular weight is 296 g/mol. The first kappa shape index (κ1) is 15.3. The van der Waals surface area contributed by atoms with E-state index in [0.717, 1.165) is 31.2 Å². The Kier molecular flexibility index (Phi) is 5.40. The van der Waals surface area contributed by atoms with E-state index in [0.29, 0.717) is 12.6 Å². The summed E-state index contributed by atoms with van der Waals surface area (Å²) in [4.78, 5) is 16.2. The molecule has 0 saturated carbocycles. The molecule has 20 heavy (non-hydrogen) atoms. The first-order valence-electron chi connectivity index (χ1n) is 7.03. The lowest BCUT2D eigenvalue weighted by molar-refractivity contribution is -0.132. The van der Waals surface area contributed by atoms with E-state index in [1.54, 1.807) is 7.05 Å². The van der Waals surface area contributed by atoms with Gasteiger partial charge >= 0.3 is 0 Å². The lowest BCUT2D eigenvalue weighted by Crippen LogP contribution is -2.51. The van der Waals surface area contributed by atoms with Gasteiger partial charge in [0, 0.05) is 37.2 Å². The van der Waals surface area contributed by atoms with Crippen LogP contribution < -0.4 is 5.32 Å². The zero-order valence-electron chi connectivity index (χ0n) is 12.1. The Hall–Kier alpha value is -1.10. The van der Waals surface area contributed by atoms with Crippen molar-refractivity contribution in [2.45, 2.75) is 13.0 Å². The van der Waals surface area contributed by atoms with Crippen molar-refractivity contribution in [3.8, 4) is 0 Å². The Bertz CT molecular complexity index is 441. The van der Waals surface area contributed by atoms with E-state index in [4.69, 9.17) is 11.6 Å². The van der Waals surface area contributed by atoms with Crippen molar-refractivity contribution in [2.24, 2.45) is 0 Å². The quantitative estimate of drug-likeness (QED) is 0.919. The molecule has 1 unspecified atom stereocenters. The number of hydrogen-bond donors (Lipinski definition) is 1.